The number of nitrogens with one attached hydrogen (secondary N) is 2. The summed E-state index contributed by atoms with van der Waals surface area (Å²) in [6, 6.07) is 9.89. The molecule has 3 N–H and O–H groups in total. The van der Waals surface area contributed by atoms with Crippen LogP contribution >= 0.6 is 23.1 Å². The number of rotatable bonds is 9. The van der Waals surface area contributed by atoms with E-state index in [1.165, 1.54) is 0 Å². The van der Waals surface area contributed by atoms with Crippen LogP contribution in [0.25, 0.3) is 10.9 Å². The van der Waals surface area contributed by atoms with Crippen molar-refractivity contribution in [2.75, 3.05) is 62.2 Å². The maximum Gasteiger partial charge on any atom is 0.490 e. The number of para-hydroxylation sites is 1. The number of fused-ring (bicyclic) bond motifs is 1. The van der Waals surface area contributed by atoms with Gasteiger partial charge in [-0.15, -0.1) is 0 Å². The third-order valence-electron chi connectivity index (χ3n) is 8.85. The van der Waals surface area contributed by atoms with E-state index in [0.717, 1.165) is 74.0 Å². The van der Waals surface area contributed by atoms with E-state index in [0.29, 0.717) is 45.4 Å². The zero-order valence-electron chi connectivity index (χ0n) is 30.1. The van der Waals surface area contributed by atoms with Crippen molar-refractivity contribution < 1.29 is 41.9 Å². The molecule has 19 heteroatoms. The minimum atomic E-state index is -5.08. The summed E-state index contributed by atoms with van der Waals surface area (Å²) in [5.74, 6) is -0.624. The van der Waals surface area contributed by atoms with Crippen LogP contribution in [0.4, 0.5) is 46.9 Å². The zero-order valence-corrected chi connectivity index (χ0v) is 32.6. The van der Waals surface area contributed by atoms with Crippen LogP contribution in [0, 0.1) is 0 Å². The van der Waals surface area contributed by atoms with E-state index in [1.54, 1.807) is 32.8 Å². The SMILES string of the molecule is CCc1cc(Nc2ncc(Br)c(Nc3cnc4ccccc4c3P(C)(C)=O)n2)c(OC)nc1N1CCC(N2CCCCOC2=O)CC1.O=C(O)C(F)(F)F. The lowest BCUT2D eigenvalue weighted by atomic mass is 10.0. The number of aliphatic carboxylic acids is 1. The number of cyclic esters (lactones) is 1. The van der Waals surface area contributed by atoms with Crippen LogP contribution in [-0.2, 0) is 20.5 Å². The number of piperidine rings is 1. The number of ether oxygens (including phenoxy) is 2. The number of alkyl halides is 3. The van der Waals surface area contributed by atoms with Gasteiger partial charge in [0, 0.05) is 42.6 Å². The van der Waals surface area contributed by atoms with Gasteiger partial charge in [-0.05, 0) is 79.1 Å². The number of aromatic nitrogens is 4. The number of amides is 1. The molecule has 4 aromatic rings. The molecule has 6 rings (SSSR count). The quantitative estimate of drug-likeness (QED) is 0.143. The first kappa shape index (κ1) is 40.5. The van der Waals surface area contributed by atoms with Crippen LogP contribution < -0.4 is 25.6 Å². The molecular weight excluding hydrogens is 796 g/mol. The van der Waals surface area contributed by atoms with Crippen molar-refractivity contribution in [3.8, 4) is 5.88 Å². The van der Waals surface area contributed by atoms with Crippen LogP contribution in [0.1, 0.15) is 38.2 Å². The fourth-order valence-corrected chi connectivity index (χ4v) is 8.06. The summed E-state index contributed by atoms with van der Waals surface area (Å²) >= 11 is 3.56. The largest absolute Gasteiger partial charge is 0.490 e. The number of methoxy groups -OCH3 is 1. The Balaban J connectivity index is 0.000000730. The van der Waals surface area contributed by atoms with E-state index >= 15 is 0 Å². The van der Waals surface area contributed by atoms with Crippen molar-refractivity contribution in [3.63, 3.8) is 0 Å². The van der Waals surface area contributed by atoms with Crippen LogP contribution in [-0.4, -0.2) is 101 Å². The summed E-state index contributed by atoms with van der Waals surface area (Å²) in [6.07, 6.45) is 2.43. The minimum absolute atomic E-state index is 0.171. The molecule has 14 nitrogen and oxygen atoms in total. The molecule has 0 atom stereocenters. The molecular formula is C35H41BrF3N8O6P. The Kier molecular flexibility index (Phi) is 12.9. The van der Waals surface area contributed by atoms with Gasteiger partial charge < -0.3 is 39.6 Å². The number of benzene rings is 1. The Labute approximate surface area is 318 Å². The number of carbonyl (C=O) groups excluding carboxylic acids is 1. The van der Waals surface area contributed by atoms with Gasteiger partial charge in [-0.25, -0.2) is 14.6 Å². The number of carboxylic acid groups (broad SMARTS) is 1. The number of halogens is 4. The average Bonchev–Trinajstić information content (AvgIpc) is 3.36. The summed E-state index contributed by atoms with van der Waals surface area (Å²) in [6.45, 7) is 8.43. The standard InChI is InChI=1S/C33H40BrN8O4P.C2HF3O2/c1-5-21-18-26(31(45-2)40-30(21)41-15-12-22(13-16-41)42-14-8-9-17-46-33(42)43)38-32-36-19-24(34)29(39-32)37-27-20-35-25-11-7-6-10-23(25)28(27)47(3,4)44;3-2(4,5)1(6)7/h6-7,10-11,18-20,22H,5,8-9,12-17H2,1-4H3,(H2,36,37,38,39);(H,6,7). The molecule has 5 heterocycles. The Morgan fingerprint density at radius 1 is 1.07 bits per heavy atom. The van der Waals surface area contributed by atoms with E-state index in [-0.39, 0.29) is 12.1 Å². The van der Waals surface area contributed by atoms with E-state index < -0.39 is 19.3 Å². The molecule has 2 fully saturated rings. The lowest BCUT2D eigenvalue weighted by Crippen LogP contribution is -2.47. The maximum atomic E-state index is 13.5. The van der Waals surface area contributed by atoms with Crippen molar-refractivity contribution in [1.82, 2.24) is 24.8 Å². The van der Waals surface area contributed by atoms with Crippen molar-refractivity contribution >= 4 is 80.3 Å². The predicted octanol–water partition coefficient (Wildman–Crippen LogP) is 7.32. The zero-order chi connectivity index (χ0) is 39.2. The highest BCUT2D eigenvalue weighted by Crippen LogP contribution is 2.42. The second kappa shape index (κ2) is 17.2. The number of aryl methyl sites for hydroxylation is 1. The van der Waals surface area contributed by atoms with Crippen molar-refractivity contribution in [2.45, 2.75) is 51.2 Å². The molecule has 1 aromatic carbocycles. The lowest BCUT2D eigenvalue weighted by molar-refractivity contribution is -0.192. The van der Waals surface area contributed by atoms with Gasteiger partial charge in [0.1, 0.15) is 24.5 Å². The van der Waals surface area contributed by atoms with E-state index in [1.807, 2.05) is 35.2 Å². The summed E-state index contributed by atoms with van der Waals surface area (Å²) in [7, 11) is -1.11. The fraction of sp³-hybridized carbons (Fsp3) is 0.429. The monoisotopic (exact) mass is 836 g/mol. The first-order valence-corrected chi connectivity index (χ1v) is 20.6. The Bertz CT molecular complexity index is 2040. The Morgan fingerprint density at radius 2 is 1.78 bits per heavy atom. The van der Waals surface area contributed by atoms with Gasteiger partial charge in [0.2, 0.25) is 11.8 Å². The molecule has 2 aliphatic heterocycles. The van der Waals surface area contributed by atoms with Gasteiger partial charge in [-0.3, -0.25) is 4.98 Å². The smallest absolute Gasteiger partial charge is 0.479 e. The first-order chi connectivity index (χ1) is 25.6. The summed E-state index contributed by atoms with van der Waals surface area (Å²) in [5.41, 5.74) is 3.10. The number of hydrogen-bond acceptors (Lipinski definition) is 12. The van der Waals surface area contributed by atoms with Crippen LogP contribution in [0.2, 0.25) is 0 Å². The maximum absolute atomic E-state index is 13.5. The van der Waals surface area contributed by atoms with E-state index in [2.05, 4.69) is 48.4 Å². The normalized spacial score (nSPS) is 15.5. The molecule has 0 aliphatic carbocycles. The molecule has 0 radical (unpaired) electrons. The van der Waals surface area contributed by atoms with E-state index in [4.69, 9.17) is 29.3 Å². The molecule has 0 unspecified atom stereocenters. The second-order valence-electron chi connectivity index (χ2n) is 12.9. The topological polar surface area (TPSA) is 172 Å². The molecule has 0 spiro atoms. The van der Waals surface area contributed by atoms with Crippen molar-refractivity contribution in [2.24, 2.45) is 0 Å². The highest BCUT2D eigenvalue weighted by Gasteiger charge is 2.38. The molecule has 0 bridgehead atoms. The number of anilines is 5. The minimum Gasteiger partial charge on any atom is -0.479 e. The third-order valence-corrected chi connectivity index (χ3v) is 11.0. The number of nitrogens with zero attached hydrogens (tertiary/aromatic N) is 6. The number of pyridine rings is 2. The van der Waals surface area contributed by atoms with Gasteiger partial charge in [-0.1, -0.05) is 25.1 Å². The highest BCUT2D eigenvalue weighted by molar-refractivity contribution is 9.10. The molecule has 0 saturated carbocycles. The predicted molar refractivity (Wildman–Crippen MR) is 204 cm³/mol. The van der Waals surface area contributed by atoms with Crippen molar-refractivity contribution in [3.05, 3.63) is 52.8 Å². The highest BCUT2D eigenvalue weighted by atomic mass is 79.9. The molecule has 3 aromatic heterocycles. The number of carbonyl (C=O) groups is 2. The second-order valence-corrected chi connectivity index (χ2v) is 16.9. The fourth-order valence-electron chi connectivity index (χ4n) is 6.31. The Morgan fingerprint density at radius 3 is 2.43 bits per heavy atom. The first-order valence-electron chi connectivity index (χ1n) is 17.2. The molecule has 54 heavy (non-hydrogen) atoms. The van der Waals surface area contributed by atoms with Gasteiger partial charge in [0.05, 0.1) is 35.6 Å². The Hall–Kier alpha value is -4.70. The van der Waals surface area contributed by atoms with Crippen LogP contribution in [0.15, 0.2) is 47.2 Å². The summed E-state index contributed by atoms with van der Waals surface area (Å²) < 4.78 is 57.0. The molecule has 2 aliphatic rings. The van der Waals surface area contributed by atoms with Crippen LogP contribution in [0.3, 0.4) is 0 Å². The molecule has 290 valence electrons. The average molecular weight is 838 g/mol. The number of hydrogen-bond donors (Lipinski definition) is 3. The number of carboxylic acids is 1. The van der Waals surface area contributed by atoms with Gasteiger partial charge in [-0.2, -0.15) is 23.1 Å². The van der Waals surface area contributed by atoms with E-state index in [9.17, 15) is 22.5 Å². The lowest BCUT2D eigenvalue weighted by Gasteiger charge is -2.38. The van der Waals surface area contributed by atoms with Crippen LogP contribution in [0.5, 0.6) is 5.88 Å². The summed E-state index contributed by atoms with van der Waals surface area (Å²) in [5, 5.41) is 15.3. The van der Waals surface area contributed by atoms with Gasteiger partial charge in [0.15, 0.2) is 0 Å². The molecule has 1 amide bonds. The molecule has 2 saturated heterocycles. The van der Waals surface area contributed by atoms with Crippen molar-refractivity contribution in [1.29, 1.82) is 0 Å². The van der Waals surface area contributed by atoms with Gasteiger partial charge >= 0.3 is 18.2 Å². The van der Waals surface area contributed by atoms with Gasteiger partial charge in [0.25, 0.3) is 0 Å². The third kappa shape index (κ3) is 9.69. The summed E-state index contributed by atoms with van der Waals surface area (Å²) in [4.78, 5) is 44.3.